The molecule has 0 radical (unpaired) electrons. The molecule has 0 amide bonds. The van der Waals surface area contributed by atoms with E-state index in [0.717, 1.165) is 57.3 Å². The van der Waals surface area contributed by atoms with Crippen LogP contribution in [0.5, 0.6) is 0 Å². The molecule has 5 heteroatoms. The van der Waals surface area contributed by atoms with E-state index in [1.165, 1.54) is 20.0 Å². The Labute approximate surface area is 196 Å². The zero-order valence-corrected chi connectivity index (χ0v) is 20.2. The van der Waals surface area contributed by atoms with Gasteiger partial charge in [0.05, 0.1) is 12.7 Å². The molecule has 0 bridgehead atoms. The number of benzene rings is 2. The van der Waals surface area contributed by atoms with Crippen molar-refractivity contribution in [2.45, 2.75) is 46.6 Å². The van der Waals surface area contributed by atoms with Gasteiger partial charge >= 0.3 is 5.97 Å². The van der Waals surface area contributed by atoms with Crippen LogP contribution in [0.1, 0.15) is 48.2 Å². The van der Waals surface area contributed by atoms with Crippen LogP contribution < -0.4 is 10.6 Å². The van der Waals surface area contributed by atoms with Crippen molar-refractivity contribution in [3.8, 4) is 22.3 Å². The summed E-state index contributed by atoms with van der Waals surface area (Å²) in [6.45, 7) is 9.22. The Morgan fingerprint density at radius 1 is 1.09 bits per heavy atom. The molecule has 1 heterocycles. The molecule has 2 N–H and O–H groups in total. The summed E-state index contributed by atoms with van der Waals surface area (Å²) in [5.74, 6) is 1.31. The van der Waals surface area contributed by atoms with Crippen LogP contribution >= 0.6 is 0 Å². The molecule has 1 aliphatic rings. The Hall–Kier alpha value is -3.34. The lowest BCUT2D eigenvalue weighted by atomic mass is 9.87. The summed E-state index contributed by atoms with van der Waals surface area (Å²) in [5, 5.41) is 6.81. The molecule has 1 fully saturated rings. The molecule has 3 aromatic rings. The van der Waals surface area contributed by atoms with Gasteiger partial charge in [0.2, 0.25) is 0 Å². The largest absolute Gasteiger partial charge is 0.465 e. The summed E-state index contributed by atoms with van der Waals surface area (Å²) in [6, 6.07) is 14.9. The zero-order chi connectivity index (χ0) is 23.5. The van der Waals surface area contributed by atoms with Crippen LogP contribution in [0, 0.1) is 19.8 Å². The highest BCUT2D eigenvalue weighted by Gasteiger charge is 2.23. The molecule has 5 nitrogen and oxygen atoms in total. The lowest BCUT2D eigenvalue weighted by Crippen LogP contribution is -2.11. The number of esters is 1. The lowest BCUT2D eigenvalue weighted by Gasteiger charge is -2.19. The minimum Gasteiger partial charge on any atom is -0.465 e. The minimum absolute atomic E-state index is 0.299. The smallest absolute Gasteiger partial charge is 0.338 e. The highest BCUT2D eigenvalue weighted by molar-refractivity contribution is 6.02. The van der Waals surface area contributed by atoms with Gasteiger partial charge in [-0.2, -0.15) is 0 Å². The molecule has 172 valence electrons. The van der Waals surface area contributed by atoms with E-state index in [1.54, 1.807) is 0 Å². The second-order valence-electron chi connectivity index (χ2n) is 9.24. The fraction of sp³-hybridized carbons (Fsp3) is 0.357. The van der Waals surface area contributed by atoms with E-state index in [1.807, 2.05) is 32.2 Å². The third-order valence-electron chi connectivity index (χ3n) is 6.15. The summed E-state index contributed by atoms with van der Waals surface area (Å²) in [7, 11) is 1.43. The van der Waals surface area contributed by atoms with Gasteiger partial charge in [-0.25, -0.2) is 9.78 Å². The first kappa shape index (κ1) is 22.8. The molecule has 0 atom stereocenters. The fourth-order valence-corrected chi connectivity index (χ4v) is 4.22. The summed E-state index contributed by atoms with van der Waals surface area (Å²) in [5.41, 5.74) is 7.53. The van der Waals surface area contributed by atoms with Crippen molar-refractivity contribution in [3.63, 3.8) is 0 Å². The molecule has 1 saturated carbocycles. The van der Waals surface area contributed by atoms with Crippen molar-refractivity contribution in [1.82, 2.24) is 4.98 Å². The average Bonchev–Trinajstić information content (AvgIpc) is 3.63. The van der Waals surface area contributed by atoms with Crippen LogP contribution in [-0.4, -0.2) is 30.6 Å². The van der Waals surface area contributed by atoms with E-state index >= 15 is 0 Å². The first-order valence-corrected chi connectivity index (χ1v) is 11.7. The monoisotopic (exact) mass is 443 g/mol. The first-order chi connectivity index (χ1) is 15.9. The number of hydrogen-bond donors (Lipinski definition) is 2. The molecule has 1 aromatic heterocycles. The van der Waals surface area contributed by atoms with Crippen molar-refractivity contribution in [1.29, 1.82) is 0 Å². The van der Waals surface area contributed by atoms with Crippen LogP contribution in [0.3, 0.4) is 0 Å². The molecular formula is C28H33N3O2. The Morgan fingerprint density at radius 3 is 2.36 bits per heavy atom. The molecule has 0 saturated heterocycles. The number of aromatic nitrogens is 1. The normalized spacial score (nSPS) is 13.2. The van der Waals surface area contributed by atoms with Gasteiger partial charge in [-0.05, 0) is 93.0 Å². The second-order valence-corrected chi connectivity index (χ2v) is 9.24. The van der Waals surface area contributed by atoms with Crippen molar-refractivity contribution < 1.29 is 9.53 Å². The molecular weight excluding hydrogens is 410 g/mol. The Balaban J connectivity index is 1.72. The fourth-order valence-electron chi connectivity index (χ4n) is 4.22. The predicted octanol–water partition coefficient (Wildman–Crippen LogP) is 6.46. The number of nitrogens with one attached hydrogen (secondary N) is 2. The van der Waals surface area contributed by atoms with Gasteiger partial charge in [-0.15, -0.1) is 0 Å². The number of hydrogen-bond acceptors (Lipinski definition) is 5. The molecule has 0 spiro atoms. The highest BCUT2D eigenvalue weighted by Crippen LogP contribution is 2.37. The van der Waals surface area contributed by atoms with Crippen LogP contribution in [0.15, 0.2) is 48.7 Å². The highest BCUT2D eigenvalue weighted by atomic mass is 16.5. The van der Waals surface area contributed by atoms with Gasteiger partial charge in [0, 0.05) is 35.6 Å². The lowest BCUT2D eigenvalue weighted by molar-refractivity contribution is 0.0601. The van der Waals surface area contributed by atoms with Gasteiger partial charge < -0.3 is 15.4 Å². The molecule has 4 rings (SSSR count). The average molecular weight is 444 g/mol. The van der Waals surface area contributed by atoms with E-state index in [4.69, 9.17) is 4.74 Å². The number of anilines is 2. The van der Waals surface area contributed by atoms with Crippen molar-refractivity contribution in [3.05, 3.63) is 65.4 Å². The summed E-state index contributed by atoms with van der Waals surface area (Å²) in [4.78, 5) is 17.5. The van der Waals surface area contributed by atoms with Crippen molar-refractivity contribution >= 4 is 17.5 Å². The number of methoxy groups -OCH3 is 1. The molecule has 33 heavy (non-hydrogen) atoms. The topological polar surface area (TPSA) is 63.2 Å². The predicted molar refractivity (Wildman–Crippen MR) is 136 cm³/mol. The minimum atomic E-state index is -0.334. The maximum atomic E-state index is 12.9. The van der Waals surface area contributed by atoms with Crippen molar-refractivity contribution in [2.75, 3.05) is 24.3 Å². The molecule has 0 unspecified atom stereocenters. The third-order valence-corrected chi connectivity index (χ3v) is 6.15. The first-order valence-electron chi connectivity index (χ1n) is 11.7. The van der Waals surface area contributed by atoms with Gasteiger partial charge in [-0.3, -0.25) is 0 Å². The number of rotatable bonds is 8. The molecule has 1 aliphatic carbocycles. The zero-order valence-electron chi connectivity index (χ0n) is 20.2. The van der Waals surface area contributed by atoms with Gasteiger partial charge in [0.15, 0.2) is 0 Å². The number of carbonyl (C=O) groups is 1. The SMILES string of the molecule is COC(=O)c1c(C)c(-c2ccc(NCC3CC3)cc2)cc(C)c1-c1ccc(NC(C)C)nc1. The van der Waals surface area contributed by atoms with Crippen LogP contribution in [-0.2, 0) is 4.74 Å². The van der Waals surface area contributed by atoms with Crippen LogP contribution in [0.4, 0.5) is 11.5 Å². The van der Waals surface area contributed by atoms with Crippen LogP contribution in [0.2, 0.25) is 0 Å². The number of pyridine rings is 1. The van der Waals surface area contributed by atoms with E-state index in [2.05, 4.69) is 59.8 Å². The van der Waals surface area contributed by atoms with E-state index in [-0.39, 0.29) is 5.97 Å². The Bertz CT molecular complexity index is 1130. The third kappa shape index (κ3) is 5.19. The summed E-state index contributed by atoms with van der Waals surface area (Å²) in [6.07, 6.45) is 4.48. The number of carbonyl (C=O) groups excluding carboxylic acids is 1. The standard InChI is InChI=1S/C28H33N3O2/c1-17(2)31-25-13-10-22(16-30-25)26-18(3)14-24(19(4)27(26)28(32)33-5)21-8-11-23(12-9-21)29-15-20-6-7-20/h8-14,16-17,20,29H,6-7,15H2,1-5H3,(H,30,31). The summed E-state index contributed by atoms with van der Waals surface area (Å²) < 4.78 is 5.20. The van der Waals surface area contributed by atoms with Gasteiger partial charge in [0.25, 0.3) is 0 Å². The maximum Gasteiger partial charge on any atom is 0.338 e. The Kier molecular flexibility index (Phi) is 6.68. The van der Waals surface area contributed by atoms with E-state index in [9.17, 15) is 4.79 Å². The number of nitrogens with zero attached hydrogens (tertiary/aromatic N) is 1. The van der Waals surface area contributed by atoms with Crippen LogP contribution in [0.25, 0.3) is 22.3 Å². The maximum absolute atomic E-state index is 12.9. The van der Waals surface area contributed by atoms with Gasteiger partial charge in [0.1, 0.15) is 5.82 Å². The summed E-state index contributed by atoms with van der Waals surface area (Å²) >= 11 is 0. The number of ether oxygens (including phenoxy) is 1. The van der Waals surface area contributed by atoms with E-state index < -0.39 is 0 Å². The quantitative estimate of drug-likeness (QED) is 0.391. The number of aryl methyl sites for hydroxylation is 1. The molecule has 0 aliphatic heterocycles. The van der Waals surface area contributed by atoms with Crippen molar-refractivity contribution in [2.24, 2.45) is 5.92 Å². The van der Waals surface area contributed by atoms with Gasteiger partial charge in [-0.1, -0.05) is 18.2 Å². The second kappa shape index (κ2) is 9.65. The van der Waals surface area contributed by atoms with E-state index in [0.29, 0.717) is 11.6 Å². The molecule has 2 aromatic carbocycles. The Morgan fingerprint density at radius 2 is 1.79 bits per heavy atom.